The van der Waals surface area contributed by atoms with Gasteiger partial charge < -0.3 is 5.73 Å². The molecule has 186 valence electrons. The van der Waals surface area contributed by atoms with Crippen LogP contribution in [0, 0.1) is 50.7 Å². The zero-order chi connectivity index (χ0) is 25.3. The Morgan fingerprint density at radius 3 is 2.41 bits per heavy atom. The summed E-state index contributed by atoms with van der Waals surface area (Å²) >= 11 is 0. The van der Waals surface area contributed by atoms with Gasteiger partial charge >= 0.3 is 0 Å². The minimum atomic E-state index is -0.287. The van der Waals surface area contributed by atoms with Crippen molar-refractivity contribution in [3.05, 3.63) is 35.5 Å². The lowest BCUT2D eigenvalue weighted by Gasteiger charge is -2.61. The van der Waals surface area contributed by atoms with Crippen molar-refractivity contribution in [2.45, 2.75) is 105 Å². The van der Waals surface area contributed by atoms with Crippen LogP contribution < -0.4 is 5.73 Å². The maximum atomic E-state index is 14.0. The van der Waals surface area contributed by atoms with Gasteiger partial charge in [-0.15, -0.1) is 0 Å². The zero-order valence-corrected chi connectivity index (χ0v) is 22.7. The fourth-order valence-corrected chi connectivity index (χ4v) is 8.90. The number of nitrogens with zero attached hydrogens (tertiary/aromatic N) is 1. The van der Waals surface area contributed by atoms with Gasteiger partial charge in [-0.2, -0.15) is 5.26 Å². The molecule has 4 aliphatic carbocycles. The average Bonchev–Trinajstić information content (AvgIpc) is 2.74. The smallest absolute Gasteiger partial charge is 0.159 e. The molecule has 0 heterocycles. The SMILES string of the molecule is C=C1C(C#N)=CC2(C)C3=CC(=O)C(C4C[C@@](C)(N)CCC4(C)CCC)CC3(C)CCC2C1(C)C. The number of rotatable bonds is 3. The summed E-state index contributed by atoms with van der Waals surface area (Å²) in [6.45, 7) is 20.3. The number of hydrogen-bond donors (Lipinski definition) is 1. The molecule has 0 aromatic rings. The predicted octanol–water partition coefficient (Wildman–Crippen LogP) is 7.29. The Morgan fingerprint density at radius 1 is 1.12 bits per heavy atom. The van der Waals surface area contributed by atoms with Crippen LogP contribution in [0.3, 0.4) is 0 Å². The molecule has 0 aromatic carbocycles. The molecule has 0 radical (unpaired) electrons. The van der Waals surface area contributed by atoms with E-state index in [2.05, 4.69) is 67.2 Å². The lowest BCUT2D eigenvalue weighted by atomic mass is 9.43. The van der Waals surface area contributed by atoms with E-state index in [9.17, 15) is 10.1 Å². The molecule has 34 heavy (non-hydrogen) atoms. The van der Waals surface area contributed by atoms with Gasteiger partial charge in [-0.3, -0.25) is 4.79 Å². The van der Waals surface area contributed by atoms with E-state index in [0.717, 1.165) is 56.9 Å². The van der Waals surface area contributed by atoms with Crippen LogP contribution in [-0.4, -0.2) is 11.3 Å². The van der Waals surface area contributed by atoms with Crippen molar-refractivity contribution in [3.8, 4) is 6.07 Å². The largest absolute Gasteiger partial charge is 0.325 e. The normalized spacial score (nSPS) is 46.0. The number of hydrogen-bond acceptors (Lipinski definition) is 3. The van der Waals surface area contributed by atoms with E-state index in [1.54, 1.807) is 0 Å². The topological polar surface area (TPSA) is 66.9 Å². The number of fused-ring (bicyclic) bond motifs is 3. The summed E-state index contributed by atoms with van der Waals surface area (Å²) in [4.78, 5) is 14.0. The minimum Gasteiger partial charge on any atom is -0.325 e. The maximum Gasteiger partial charge on any atom is 0.159 e. The summed E-state index contributed by atoms with van der Waals surface area (Å²) < 4.78 is 0. The first-order valence-electron chi connectivity index (χ1n) is 13.5. The highest BCUT2D eigenvalue weighted by Crippen LogP contribution is 2.67. The lowest BCUT2D eigenvalue weighted by molar-refractivity contribution is -0.127. The average molecular weight is 463 g/mol. The lowest BCUT2D eigenvalue weighted by Crippen LogP contribution is -2.55. The maximum absolute atomic E-state index is 14.0. The van der Waals surface area contributed by atoms with Crippen LogP contribution in [0.4, 0.5) is 0 Å². The highest BCUT2D eigenvalue weighted by atomic mass is 16.1. The molecule has 2 N–H and O–H groups in total. The van der Waals surface area contributed by atoms with Gasteiger partial charge in [-0.1, -0.05) is 66.2 Å². The third-order valence-corrected chi connectivity index (χ3v) is 11.0. The van der Waals surface area contributed by atoms with Crippen LogP contribution in [-0.2, 0) is 4.79 Å². The van der Waals surface area contributed by atoms with Gasteiger partial charge in [0.05, 0.1) is 11.6 Å². The van der Waals surface area contributed by atoms with Crippen LogP contribution >= 0.6 is 0 Å². The molecular formula is C31H46N2O. The van der Waals surface area contributed by atoms with E-state index in [0.29, 0.717) is 23.2 Å². The quantitative estimate of drug-likeness (QED) is 0.478. The first-order chi connectivity index (χ1) is 15.6. The van der Waals surface area contributed by atoms with Crippen molar-refractivity contribution in [3.63, 3.8) is 0 Å². The van der Waals surface area contributed by atoms with Crippen molar-refractivity contribution in [1.82, 2.24) is 0 Å². The summed E-state index contributed by atoms with van der Waals surface area (Å²) in [7, 11) is 0. The molecule has 3 heteroatoms. The van der Waals surface area contributed by atoms with Gasteiger partial charge in [0.2, 0.25) is 0 Å². The highest BCUT2D eigenvalue weighted by molar-refractivity contribution is 5.94. The summed E-state index contributed by atoms with van der Waals surface area (Å²) in [5, 5.41) is 9.90. The van der Waals surface area contributed by atoms with Crippen molar-refractivity contribution < 1.29 is 4.79 Å². The second-order valence-corrected chi connectivity index (χ2v) is 13.9. The van der Waals surface area contributed by atoms with E-state index in [1.807, 2.05) is 6.08 Å². The van der Waals surface area contributed by atoms with Crippen molar-refractivity contribution in [1.29, 1.82) is 5.26 Å². The first-order valence-corrected chi connectivity index (χ1v) is 13.5. The number of nitriles is 1. The van der Waals surface area contributed by atoms with Crippen molar-refractivity contribution >= 4 is 5.78 Å². The number of allylic oxidation sites excluding steroid dienone is 5. The Hall–Kier alpha value is -1.66. The molecule has 3 nitrogen and oxygen atoms in total. The van der Waals surface area contributed by atoms with E-state index in [1.165, 1.54) is 5.57 Å². The molecular weight excluding hydrogens is 416 g/mol. The second kappa shape index (κ2) is 7.92. The van der Waals surface area contributed by atoms with E-state index in [4.69, 9.17) is 5.73 Å². The van der Waals surface area contributed by atoms with Crippen molar-refractivity contribution in [2.75, 3.05) is 0 Å². The molecule has 0 aromatic heterocycles. The number of carbonyl (C=O) groups excluding carboxylic acids is 1. The number of carbonyl (C=O) groups is 1. The zero-order valence-electron chi connectivity index (χ0n) is 22.7. The summed E-state index contributed by atoms with van der Waals surface area (Å²) in [5.41, 5.74) is 9.13. The van der Waals surface area contributed by atoms with Gasteiger partial charge in [0.25, 0.3) is 0 Å². The van der Waals surface area contributed by atoms with Crippen LogP contribution in [0.2, 0.25) is 0 Å². The molecule has 0 aliphatic heterocycles. The Kier molecular flexibility index (Phi) is 5.93. The molecule has 6 unspecified atom stereocenters. The van der Waals surface area contributed by atoms with E-state index < -0.39 is 0 Å². The molecule has 0 spiro atoms. The van der Waals surface area contributed by atoms with Crippen LogP contribution in [0.1, 0.15) is 99.8 Å². The molecule has 0 saturated heterocycles. The van der Waals surface area contributed by atoms with E-state index >= 15 is 0 Å². The van der Waals surface area contributed by atoms with Crippen LogP contribution in [0.5, 0.6) is 0 Å². The van der Waals surface area contributed by atoms with Crippen LogP contribution in [0.25, 0.3) is 0 Å². The third kappa shape index (κ3) is 3.67. The first kappa shape index (κ1) is 25.4. The van der Waals surface area contributed by atoms with Gasteiger partial charge in [-0.05, 0) is 91.6 Å². The monoisotopic (exact) mass is 462 g/mol. The van der Waals surface area contributed by atoms with Gasteiger partial charge in [0.1, 0.15) is 0 Å². The van der Waals surface area contributed by atoms with Gasteiger partial charge in [0.15, 0.2) is 5.78 Å². The highest BCUT2D eigenvalue weighted by Gasteiger charge is 2.59. The molecule has 4 rings (SSSR count). The summed E-state index contributed by atoms with van der Waals surface area (Å²) in [6.07, 6.45) is 12.7. The third-order valence-electron chi connectivity index (χ3n) is 11.0. The fraction of sp³-hybridized carbons (Fsp3) is 0.742. The van der Waals surface area contributed by atoms with Gasteiger partial charge in [0, 0.05) is 16.9 Å². The van der Waals surface area contributed by atoms with Crippen LogP contribution in [0.15, 0.2) is 35.5 Å². The number of nitrogens with two attached hydrogens (primary N) is 1. The second-order valence-electron chi connectivity index (χ2n) is 13.9. The molecule has 0 amide bonds. The Morgan fingerprint density at radius 2 is 1.79 bits per heavy atom. The Bertz CT molecular complexity index is 1010. The Labute approximate surface area is 207 Å². The standard InChI is InChI=1S/C31H46N2O/c1-9-11-28(5)13-14-30(7,33)18-23(28)22-17-29(6)12-10-25-27(3,4)20(2)21(19-32)16-31(25,8)26(29)15-24(22)34/h15-16,22-23,25H,2,9-14,17-18,33H2,1,3-8H3/t22?,23?,25?,28?,29?,30-,31?/m0/s1. The molecule has 4 aliphatic rings. The van der Waals surface area contributed by atoms with E-state index in [-0.39, 0.29) is 33.1 Å². The van der Waals surface area contributed by atoms with Gasteiger partial charge in [-0.25, -0.2) is 0 Å². The number of ketones is 1. The fourth-order valence-electron chi connectivity index (χ4n) is 8.90. The summed E-state index contributed by atoms with van der Waals surface area (Å²) in [5.74, 6) is 1.02. The molecule has 2 fully saturated rings. The predicted molar refractivity (Wildman–Crippen MR) is 140 cm³/mol. The molecule has 7 atom stereocenters. The minimum absolute atomic E-state index is 0.0226. The van der Waals surface area contributed by atoms with Crippen molar-refractivity contribution in [2.24, 2.45) is 45.1 Å². The Balaban J connectivity index is 1.79. The molecule has 2 saturated carbocycles. The molecule has 0 bridgehead atoms. The summed E-state index contributed by atoms with van der Waals surface area (Å²) in [6, 6.07) is 2.42.